The van der Waals surface area contributed by atoms with Gasteiger partial charge in [-0.25, -0.2) is 0 Å². The molecule has 184 valence electrons. The molecule has 4 rings (SSSR count). The maximum atomic E-state index is 12.3. The Morgan fingerprint density at radius 3 is 2.22 bits per heavy atom. The van der Waals surface area contributed by atoms with Crippen molar-refractivity contribution in [3.63, 3.8) is 0 Å². The second kappa shape index (κ2) is 9.42. The first kappa shape index (κ1) is 25.4. The summed E-state index contributed by atoms with van der Waals surface area (Å²) in [5, 5.41) is 25.4. The molecule has 2 atom stereocenters. The van der Waals surface area contributed by atoms with Crippen molar-refractivity contribution in [2.45, 2.75) is 58.3 Å². The lowest BCUT2D eigenvalue weighted by Crippen LogP contribution is -2.41. The number of benzene rings is 2. The van der Waals surface area contributed by atoms with E-state index in [2.05, 4.69) is 6.07 Å². The Morgan fingerprint density at radius 1 is 1.06 bits per heavy atom. The molecule has 0 N–H and O–H groups in total. The minimum absolute atomic E-state index is 0.133. The normalized spacial score (nSPS) is 22.1. The number of carbonyl (C=O) groups excluding carboxylic acids is 1. The fourth-order valence-electron chi connectivity index (χ4n) is 4.42. The first-order valence-corrected chi connectivity index (χ1v) is 11.9. The van der Waals surface area contributed by atoms with Gasteiger partial charge in [-0.05, 0) is 63.0 Å². The maximum absolute atomic E-state index is 12.3. The van der Waals surface area contributed by atoms with Crippen molar-refractivity contribution < 1.29 is 18.8 Å². The highest BCUT2D eigenvalue weighted by Crippen LogP contribution is 2.37. The highest BCUT2D eigenvalue weighted by molar-refractivity contribution is 6.62. The van der Waals surface area contributed by atoms with Crippen molar-refractivity contribution in [1.82, 2.24) is 0 Å². The molecular formula is C27H29BN4O4. The number of hydrogen-bond donors (Lipinski definition) is 0. The van der Waals surface area contributed by atoms with E-state index in [0.717, 1.165) is 22.4 Å². The Kier molecular flexibility index (Phi) is 6.66. The van der Waals surface area contributed by atoms with Crippen LogP contribution in [0.4, 0.5) is 5.69 Å². The highest BCUT2D eigenvalue weighted by Gasteiger charge is 2.51. The van der Waals surface area contributed by atoms with Gasteiger partial charge in [0.25, 0.3) is 0 Å². The number of carbonyl (C=O) groups is 1. The van der Waals surface area contributed by atoms with E-state index in [-0.39, 0.29) is 24.3 Å². The molecule has 0 saturated carbocycles. The molecule has 9 heteroatoms. The summed E-state index contributed by atoms with van der Waals surface area (Å²) in [6, 6.07) is 16.7. The number of ether oxygens (including phenoxy) is 1. The summed E-state index contributed by atoms with van der Waals surface area (Å²) in [5.41, 5.74) is 2.91. The van der Waals surface area contributed by atoms with Crippen LogP contribution in [0.5, 0.6) is 0 Å². The molecule has 2 aliphatic heterocycles. The summed E-state index contributed by atoms with van der Waals surface area (Å²) in [5.74, 6) is -0.467. The average Bonchev–Trinajstić information content (AvgIpc) is 3.29. The third-order valence-electron chi connectivity index (χ3n) is 7.38. The van der Waals surface area contributed by atoms with Crippen LogP contribution in [0.15, 0.2) is 47.6 Å². The molecule has 0 spiro atoms. The molecule has 1 saturated heterocycles. The summed E-state index contributed by atoms with van der Waals surface area (Å²) < 4.78 is 17.3. The van der Waals surface area contributed by atoms with Gasteiger partial charge in [0.2, 0.25) is 0 Å². The Hall–Kier alpha value is -3.66. The number of anilines is 1. The van der Waals surface area contributed by atoms with Gasteiger partial charge in [0.15, 0.2) is 0 Å². The lowest BCUT2D eigenvalue weighted by molar-refractivity contribution is -0.141. The third-order valence-corrected chi connectivity index (χ3v) is 7.38. The standard InChI is InChI=1S/C27H29BN4O4/c1-17-23(14-24(33)34-6)32(31-25(17)18-7-8-19(15-29)20(13-18)16-30)22-11-9-21(10-12-22)28-35-26(2,3)27(4,5)36-28/h7-13,17,23H,14H2,1-6H3/t17-,23-/m0/s1. The van der Waals surface area contributed by atoms with E-state index >= 15 is 0 Å². The molecule has 0 bridgehead atoms. The molecule has 0 unspecified atom stereocenters. The maximum Gasteiger partial charge on any atom is 0.494 e. The van der Waals surface area contributed by atoms with Crippen molar-refractivity contribution in [2.24, 2.45) is 11.0 Å². The molecular weight excluding hydrogens is 455 g/mol. The molecule has 36 heavy (non-hydrogen) atoms. The molecule has 0 amide bonds. The second-order valence-corrected chi connectivity index (χ2v) is 10.1. The molecule has 2 heterocycles. The smallest absolute Gasteiger partial charge is 0.469 e. The van der Waals surface area contributed by atoms with Crippen LogP contribution < -0.4 is 10.5 Å². The zero-order chi connectivity index (χ0) is 26.3. The highest BCUT2D eigenvalue weighted by atomic mass is 16.7. The van der Waals surface area contributed by atoms with Crippen molar-refractivity contribution in [3.05, 3.63) is 59.2 Å². The van der Waals surface area contributed by atoms with Gasteiger partial charge in [0.1, 0.15) is 12.1 Å². The number of hydrazone groups is 1. The lowest BCUT2D eigenvalue weighted by atomic mass is 9.79. The number of methoxy groups -OCH3 is 1. The van der Waals surface area contributed by atoms with Crippen LogP contribution in [0.2, 0.25) is 0 Å². The summed E-state index contributed by atoms with van der Waals surface area (Å²) in [4.78, 5) is 12.3. The Morgan fingerprint density at radius 2 is 1.67 bits per heavy atom. The Bertz CT molecular complexity index is 1270. The van der Waals surface area contributed by atoms with E-state index in [1.165, 1.54) is 7.11 Å². The summed E-state index contributed by atoms with van der Waals surface area (Å²) in [6.07, 6.45) is 0.144. The second-order valence-electron chi connectivity index (χ2n) is 10.1. The van der Waals surface area contributed by atoms with Gasteiger partial charge in [0.05, 0.1) is 53.3 Å². The summed E-state index contributed by atoms with van der Waals surface area (Å²) in [6.45, 7) is 10.1. The fraction of sp³-hybridized carbons (Fsp3) is 0.407. The zero-order valence-electron chi connectivity index (χ0n) is 21.4. The van der Waals surface area contributed by atoms with Crippen LogP contribution in [0.3, 0.4) is 0 Å². The van der Waals surface area contributed by atoms with Crippen LogP contribution in [0.25, 0.3) is 0 Å². The first-order chi connectivity index (χ1) is 17.0. The molecule has 1 fully saturated rings. The molecule has 2 aliphatic rings. The molecule has 0 aliphatic carbocycles. The van der Waals surface area contributed by atoms with Crippen LogP contribution >= 0.6 is 0 Å². The average molecular weight is 484 g/mol. The molecule has 0 radical (unpaired) electrons. The molecule has 0 aromatic heterocycles. The summed E-state index contributed by atoms with van der Waals surface area (Å²) in [7, 11) is 0.891. The Labute approximate surface area is 212 Å². The van der Waals surface area contributed by atoms with Gasteiger partial charge in [0, 0.05) is 5.92 Å². The van der Waals surface area contributed by atoms with E-state index in [4.69, 9.17) is 19.1 Å². The van der Waals surface area contributed by atoms with Crippen molar-refractivity contribution in [1.29, 1.82) is 10.5 Å². The number of rotatable bonds is 5. The van der Waals surface area contributed by atoms with Gasteiger partial charge in [-0.2, -0.15) is 15.6 Å². The predicted molar refractivity (Wildman–Crippen MR) is 137 cm³/mol. The van der Waals surface area contributed by atoms with Gasteiger partial charge >= 0.3 is 13.1 Å². The minimum atomic E-state index is -0.477. The SMILES string of the molecule is COC(=O)C[C@H]1[C@H](C)C(c2ccc(C#N)c(C#N)c2)=NN1c1ccc(B2OC(C)(C)C(C)(C)O2)cc1. The Balaban J connectivity index is 1.67. The van der Waals surface area contributed by atoms with Gasteiger partial charge in [-0.15, -0.1) is 0 Å². The molecule has 8 nitrogen and oxygen atoms in total. The van der Waals surface area contributed by atoms with E-state index in [1.807, 2.05) is 70.0 Å². The van der Waals surface area contributed by atoms with E-state index in [0.29, 0.717) is 11.1 Å². The van der Waals surface area contributed by atoms with Crippen LogP contribution in [0.1, 0.15) is 57.7 Å². The fourth-order valence-corrected chi connectivity index (χ4v) is 4.42. The minimum Gasteiger partial charge on any atom is -0.469 e. The third kappa shape index (κ3) is 4.48. The van der Waals surface area contributed by atoms with Crippen LogP contribution in [-0.2, 0) is 18.8 Å². The van der Waals surface area contributed by atoms with Gasteiger partial charge in [-0.1, -0.05) is 25.1 Å². The number of hydrogen-bond acceptors (Lipinski definition) is 8. The zero-order valence-corrected chi connectivity index (χ0v) is 21.4. The summed E-state index contributed by atoms with van der Waals surface area (Å²) >= 11 is 0. The number of esters is 1. The van der Waals surface area contributed by atoms with Gasteiger partial charge < -0.3 is 14.0 Å². The van der Waals surface area contributed by atoms with E-state index < -0.39 is 18.3 Å². The lowest BCUT2D eigenvalue weighted by Gasteiger charge is -2.32. The quantitative estimate of drug-likeness (QED) is 0.472. The predicted octanol–water partition coefficient (Wildman–Crippen LogP) is 3.52. The van der Waals surface area contributed by atoms with Gasteiger partial charge in [-0.3, -0.25) is 9.80 Å². The molecule has 2 aromatic rings. The van der Waals surface area contributed by atoms with Crippen molar-refractivity contribution in [2.75, 3.05) is 12.1 Å². The number of nitriles is 2. The van der Waals surface area contributed by atoms with Crippen molar-refractivity contribution >= 4 is 29.9 Å². The van der Waals surface area contributed by atoms with Crippen molar-refractivity contribution in [3.8, 4) is 12.1 Å². The first-order valence-electron chi connectivity index (χ1n) is 11.9. The topological polar surface area (TPSA) is 108 Å². The van der Waals surface area contributed by atoms with E-state index in [1.54, 1.807) is 18.2 Å². The monoisotopic (exact) mass is 484 g/mol. The van der Waals surface area contributed by atoms with Crippen LogP contribution in [-0.4, -0.2) is 43.2 Å². The largest absolute Gasteiger partial charge is 0.494 e. The molecule has 2 aromatic carbocycles. The van der Waals surface area contributed by atoms with E-state index in [9.17, 15) is 15.3 Å². The van der Waals surface area contributed by atoms with Crippen LogP contribution in [0, 0.1) is 28.6 Å². The number of nitrogens with zero attached hydrogens (tertiary/aromatic N) is 4.